The van der Waals surface area contributed by atoms with Gasteiger partial charge in [-0.3, -0.25) is 4.79 Å². The molecule has 2 unspecified atom stereocenters. The van der Waals surface area contributed by atoms with E-state index in [0.29, 0.717) is 6.10 Å². The standard InChI is InChI=1S/C17H24N2O2/c1-13-12-19(10-9-14-6-4-5-11-21-14)16-8-3-2-7-15(16)18-17(13)20/h2-3,7-8,13-14H,4-6,9-12H2,1H3,(H,18,20). The van der Waals surface area contributed by atoms with E-state index in [2.05, 4.69) is 16.3 Å². The van der Waals surface area contributed by atoms with E-state index < -0.39 is 0 Å². The van der Waals surface area contributed by atoms with Gasteiger partial charge in [0.1, 0.15) is 0 Å². The number of hydrogen-bond donors (Lipinski definition) is 1. The maximum Gasteiger partial charge on any atom is 0.229 e. The number of nitrogens with one attached hydrogen (secondary N) is 1. The minimum absolute atomic E-state index is 0.00433. The molecular weight excluding hydrogens is 264 g/mol. The number of carbonyl (C=O) groups excluding carboxylic acids is 1. The summed E-state index contributed by atoms with van der Waals surface area (Å²) >= 11 is 0. The zero-order valence-corrected chi connectivity index (χ0v) is 12.7. The summed E-state index contributed by atoms with van der Waals surface area (Å²) in [6.07, 6.45) is 5.06. The molecule has 0 aliphatic carbocycles. The van der Waals surface area contributed by atoms with Crippen LogP contribution in [0.4, 0.5) is 11.4 Å². The van der Waals surface area contributed by atoms with Gasteiger partial charge in [0.25, 0.3) is 0 Å². The summed E-state index contributed by atoms with van der Waals surface area (Å²) in [5, 5.41) is 3.03. The predicted molar refractivity (Wildman–Crippen MR) is 84.7 cm³/mol. The van der Waals surface area contributed by atoms with Gasteiger partial charge in [-0.15, -0.1) is 0 Å². The summed E-state index contributed by atoms with van der Waals surface area (Å²) in [5.74, 6) is 0.114. The van der Waals surface area contributed by atoms with E-state index in [1.807, 2.05) is 25.1 Å². The number of carbonyl (C=O) groups is 1. The Hall–Kier alpha value is -1.55. The van der Waals surface area contributed by atoms with E-state index in [4.69, 9.17) is 4.74 Å². The quantitative estimate of drug-likeness (QED) is 0.929. The highest BCUT2D eigenvalue weighted by atomic mass is 16.5. The van der Waals surface area contributed by atoms with Gasteiger partial charge >= 0.3 is 0 Å². The maximum absolute atomic E-state index is 12.1. The molecule has 1 N–H and O–H groups in total. The first-order valence-corrected chi connectivity index (χ1v) is 8.00. The molecule has 3 rings (SSSR count). The van der Waals surface area contributed by atoms with Crippen LogP contribution in [0, 0.1) is 5.92 Å². The number of benzene rings is 1. The van der Waals surface area contributed by atoms with Gasteiger partial charge in [-0.05, 0) is 37.8 Å². The van der Waals surface area contributed by atoms with E-state index in [-0.39, 0.29) is 11.8 Å². The number of fused-ring (bicyclic) bond motifs is 1. The Morgan fingerprint density at radius 3 is 3.00 bits per heavy atom. The minimum Gasteiger partial charge on any atom is -0.378 e. The van der Waals surface area contributed by atoms with Crippen LogP contribution in [0.2, 0.25) is 0 Å². The summed E-state index contributed by atoms with van der Waals surface area (Å²) < 4.78 is 5.83. The third-order valence-electron chi connectivity index (χ3n) is 4.44. The number of rotatable bonds is 3. The smallest absolute Gasteiger partial charge is 0.229 e. The molecule has 114 valence electrons. The average molecular weight is 288 g/mol. The number of anilines is 2. The molecule has 1 saturated heterocycles. The molecule has 21 heavy (non-hydrogen) atoms. The lowest BCUT2D eigenvalue weighted by atomic mass is 10.1. The average Bonchev–Trinajstić information content (AvgIpc) is 2.64. The summed E-state index contributed by atoms with van der Waals surface area (Å²) in [6, 6.07) is 8.08. The molecule has 2 aliphatic rings. The van der Waals surface area contributed by atoms with Crippen LogP contribution in [0.25, 0.3) is 0 Å². The first-order valence-electron chi connectivity index (χ1n) is 8.00. The summed E-state index contributed by atoms with van der Waals surface area (Å²) in [6.45, 7) is 4.61. The highest BCUT2D eigenvalue weighted by Crippen LogP contribution is 2.30. The van der Waals surface area contributed by atoms with Crippen LogP contribution in [0.5, 0.6) is 0 Å². The fourth-order valence-corrected chi connectivity index (χ4v) is 3.17. The lowest BCUT2D eigenvalue weighted by Crippen LogP contribution is -2.34. The topological polar surface area (TPSA) is 41.6 Å². The molecule has 1 aromatic rings. The molecule has 2 aliphatic heterocycles. The van der Waals surface area contributed by atoms with Crippen molar-refractivity contribution in [3.05, 3.63) is 24.3 Å². The van der Waals surface area contributed by atoms with Gasteiger partial charge in [-0.1, -0.05) is 19.1 Å². The highest BCUT2D eigenvalue weighted by Gasteiger charge is 2.25. The Bertz CT molecular complexity index is 497. The molecule has 1 fully saturated rings. The molecule has 4 heteroatoms. The van der Waals surface area contributed by atoms with Crippen LogP contribution in [0.15, 0.2) is 24.3 Å². The van der Waals surface area contributed by atoms with Crippen molar-refractivity contribution in [2.75, 3.05) is 29.9 Å². The highest BCUT2D eigenvalue weighted by molar-refractivity contribution is 5.97. The molecule has 2 heterocycles. The SMILES string of the molecule is CC1CN(CCC2CCCCO2)c2ccccc2NC1=O. The van der Waals surface area contributed by atoms with Crippen LogP contribution in [0.3, 0.4) is 0 Å². The first-order chi connectivity index (χ1) is 10.2. The van der Waals surface area contributed by atoms with E-state index in [9.17, 15) is 4.79 Å². The van der Waals surface area contributed by atoms with E-state index in [1.54, 1.807) is 0 Å². The molecule has 0 saturated carbocycles. The van der Waals surface area contributed by atoms with Crippen molar-refractivity contribution in [3.8, 4) is 0 Å². The summed E-state index contributed by atoms with van der Waals surface area (Å²) in [5.41, 5.74) is 2.06. The Kier molecular flexibility index (Phi) is 4.44. The second-order valence-corrected chi connectivity index (χ2v) is 6.13. The van der Waals surface area contributed by atoms with E-state index in [0.717, 1.165) is 37.5 Å². The zero-order chi connectivity index (χ0) is 14.7. The van der Waals surface area contributed by atoms with Crippen molar-refractivity contribution in [1.29, 1.82) is 0 Å². The largest absolute Gasteiger partial charge is 0.378 e. The van der Waals surface area contributed by atoms with Crippen LogP contribution in [-0.4, -0.2) is 31.7 Å². The number of nitrogens with zero attached hydrogens (tertiary/aromatic N) is 1. The third-order valence-corrected chi connectivity index (χ3v) is 4.44. The second kappa shape index (κ2) is 6.48. The van der Waals surface area contributed by atoms with Gasteiger partial charge in [0, 0.05) is 19.7 Å². The maximum atomic E-state index is 12.1. The third kappa shape index (κ3) is 3.38. The zero-order valence-electron chi connectivity index (χ0n) is 12.7. The van der Waals surface area contributed by atoms with Gasteiger partial charge in [-0.2, -0.15) is 0 Å². The normalized spacial score (nSPS) is 26.0. The van der Waals surface area contributed by atoms with Gasteiger partial charge in [0.15, 0.2) is 0 Å². The molecule has 2 atom stereocenters. The number of para-hydroxylation sites is 2. The van der Waals surface area contributed by atoms with Crippen molar-refractivity contribution in [1.82, 2.24) is 0 Å². The number of hydrogen-bond acceptors (Lipinski definition) is 3. The molecule has 0 bridgehead atoms. The minimum atomic E-state index is 0.00433. The molecule has 4 nitrogen and oxygen atoms in total. The molecule has 1 aromatic carbocycles. The van der Waals surface area contributed by atoms with Crippen LogP contribution < -0.4 is 10.2 Å². The van der Waals surface area contributed by atoms with Gasteiger partial charge in [0.05, 0.1) is 23.4 Å². The predicted octanol–water partition coefficient (Wildman–Crippen LogP) is 3.04. The fraction of sp³-hybridized carbons (Fsp3) is 0.588. The fourth-order valence-electron chi connectivity index (χ4n) is 3.17. The Morgan fingerprint density at radius 1 is 1.33 bits per heavy atom. The second-order valence-electron chi connectivity index (χ2n) is 6.13. The lowest BCUT2D eigenvalue weighted by Gasteiger charge is -2.29. The lowest BCUT2D eigenvalue weighted by molar-refractivity contribution is -0.119. The Morgan fingerprint density at radius 2 is 2.19 bits per heavy atom. The van der Waals surface area contributed by atoms with Gasteiger partial charge in [0.2, 0.25) is 5.91 Å². The summed E-state index contributed by atoms with van der Waals surface area (Å²) in [7, 11) is 0. The molecular formula is C17H24N2O2. The molecule has 0 spiro atoms. The van der Waals surface area contributed by atoms with E-state index in [1.165, 1.54) is 19.3 Å². The Labute approximate surface area is 126 Å². The summed E-state index contributed by atoms with van der Waals surface area (Å²) in [4.78, 5) is 14.4. The van der Waals surface area contributed by atoms with E-state index >= 15 is 0 Å². The van der Waals surface area contributed by atoms with Crippen molar-refractivity contribution < 1.29 is 9.53 Å². The van der Waals surface area contributed by atoms with Crippen LogP contribution in [-0.2, 0) is 9.53 Å². The molecule has 0 aromatic heterocycles. The van der Waals surface area contributed by atoms with Crippen molar-refractivity contribution in [3.63, 3.8) is 0 Å². The monoisotopic (exact) mass is 288 g/mol. The van der Waals surface area contributed by atoms with Crippen LogP contribution in [0.1, 0.15) is 32.6 Å². The van der Waals surface area contributed by atoms with Crippen molar-refractivity contribution in [2.24, 2.45) is 5.92 Å². The molecule has 1 amide bonds. The number of amides is 1. The van der Waals surface area contributed by atoms with Gasteiger partial charge < -0.3 is 15.0 Å². The van der Waals surface area contributed by atoms with Crippen molar-refractivity contribution >= 4 is 17.3 Å². The van der Waals surface area contributed by atoms with Gasteiger partial charge in [-0.25, -0.2) is 0 Å². The molecule has 0 radical (unpaired) electrons. The number of ether oxygens (including phenoxy) is 1. The Balaban J connectivity index is 1.71. The van der Waals surface area contributed by atoms with Crippen molar-refractivity contribution in [2.45, 2.75) is 38.7 Å². The first kappa shape index (κ1) is 14.4. The van der Waals surface area contributed by atoms with Crippen LogP contribution >= 0.6 is 0 Å².